The van der Waals surface area contributed by atoms with E-state index in [2.05, 4.69) is 15.3 Å². The first-order valence-electron chi connectivity index (χ1n) is 10.2. The Bertz CT molecular complexity index is 1060. The molecule has 1 saturated carbocycles. The monoisotopic (exact) mass is 428 g/mol. The Balaban J connectivity index is 1.46. The molecule has 2 aromatic heterocycles. The summed E-state index contributed by atoms with van der Waals surface area (Å²) < 4.78 is 39.9. The summed E-state index contributed by atoms with van der Waals surface area (Å²) in [5.74, 6) is -0.0474. The normalized spacial score (nSPS) is 19.2. The third kappa shape index (κ3) is 4.62. The maximum Gasteiger partial charge on any atom is 0.433 e. The van der Waals surface area contributed by atoms with Gasteiger partial charge in [0.05, 0.1) is 5.52 Å². The molecule has 0 bridgehead atoms. The van der Waals surface area contributed by atoms with E-state index >= 15 is 0 Å². The van der Waals surface area contributed by atoms with Gasteiger partial charge >= 0.3 is 6.18 Å². The van der Waals surface area contributed by atoms with Crippen LogP contribution in [0.4, 0.5) is 18.9 Å². The van der Waals surface area contributed by atoms with Crippen molar-refractivity contribution in [2.24, 2.45) is 0 Å². The van der Waals surface area contributed by atoms with E-state index in [9.17, 15) is 18.0 Å². The van der Waals surface area contributed by atoms with Crippen LogP contribution in [0.5, 0.6) is 0 Å². The number of rotatable bonds is 4. The fourth-order valence-corrected chi connectivity index (χ4v) is 4.13. The summed E-state index contributed by atoms with van der Waals surface area (Å²) >= 11 is 0. The maximum atomic E-state index is 13.3. The van der Waals surface area contributed by atoms with Gasteiger partial charge in [-0.3, -0.25) is 9.78 Å². The van der Waals surface area contributed by atoms with Gasteiger partial charge in [0.25, 0.3) is 5.91 Å². The number of nitrogens with zero attached hydrogens (tertiary/aromatic N) is 3. The molecule has 0 spiro atoms. The van der Waals surface area contributed by atoms with Crippen LogP contribution < -0.4 is 5.32 Å². The second-order valence-corrected chi connectivity index (χ2v) is 7.87. The standard InChI is InChI=1S/C23H23F3N4O/c1-30(22(31)15-10-12-27-13-11-15)17-8-6-16(7-9-17)28-20-14-21(23(24,25)26)29-19-5-3-2-4-18(19)20/h2-5,10-14,16-17H,6-9H2,1H3,(H,28,29). The molecule has 1 amide bonds. The molecule has 162 valence electrons. The van der Waals surface area contributed by atoms with Crippen molar-refractivity contribution in [3.05, 3.63) is 66.1 Å². The van der Waals surface area contributed by atoms with Gasteiger partial charge in [0, 0.05) is 48.2 Å². The zero-order chi connectivity index (χ0) is 22.0. The quantitative estimate of drug-likeness (QED) is 0.625. The average molecular weight is 428 g/mol. The van der Waals surface area contributed by atoms with E-state index in [0.717, 1.165) is 31.7 Å². The summed E-state index contributed by atoms with van der Waals surface area (Å²) in [6, 6.07) is 11.4. The predicted octanol–water partition coefficient (Wildman–Crippen LogP) is 5.14. The van der Waals surface area contributed by atoms with Crippen LogP contribution in [0, 0.1) is 0 Å². The van der Waals surface area contributed by atoms with E-state index in [-0.39, 0.29) is 18.0 Å². The van der Waals surface area contributed by atoms with Gasteiger partial charge in [-0.05, 0) is 49.9 Å². The van der Waals surface area contributed by atoms with Crippen molar-refractivity contribution in [1.29, 1.82) is 0 Å². The molecule has 31 heavy (non-hydrogen) atoms. The number of amides is 1. The Hall–Kier alpha value is -3.16. The van der Waals surface area contributed by atoms with Crippen molar-refractivity contribution in [3.8, 4) is 0 Å². The van der Waals surface area contributed by atoms with Crippen molar-refractivity contribution in [2.45, 2.75) is 43.9 Å². The van der Waals surface area contributed by atoms with Crippen molar-refractivity contribution < 1.29 is 18.0 Å². The topological polar surface area (TPSA) is 58.1 Å². The molecular formula is C23H23F3N4O. The predicted molar refractivity (Wildman–Crippen MR) is 113 cm³/mol. The van der Waals surface area contributed by atoms with Crippen molar-refractivity contribution in [2.75, 3.05) is 12.4 Å². The van der Waals surface area contributed by atoms with Crippen LogP contribution in [-0.4, -0.2) is 39.9 Å². The molecular weight excluding hydrogens is 405 g/mol. The van der Waals surface area contributed by atoms with Crippen LogP contribution in [0.1, 0.15) is 41.7 Å². The highest BCUT2D eigenvalue weighted by Crippen LogP contribution is 2.34. The zero-order valence-corrected chi connectivity index (χ0v) is 17.1. The van der Waals surface area contributed by atoms with Gasteiger partial charge in [-0.15, -0.1) is 0 Å². The van der Waals surface area contributed by atoms with Gasteiger partial charge in [0.15, 0.2) is 0 Å². The van der Waals surface area contributed by atoms with Gasteiger partial charge in [-0.25, -0.2) is 4.98 Å². The number of hydrogen-bond acceptors (Lipinski definition) is 4. The summed E-state index contributed by atoms with van der Waals surface area (Å²) in [7, 11) is 1.80. The number of para-hydroxylation sites is 1. The highest BCUT2D eigenvalue weighted by Gasteiger charge is 2.34. The highest BCUT2D eigenvalue weighted by molar-refractivity contribution is 5.94. The average Bonchev–Trinajstić information content (AvgIpc) is 2.78. The first-order chi connectivity index (χ1) is 14.8. The number of nitrogens with one attached hydrogen (secondary N) is 1. The van der Waals surface area contributed by atoms with E-state index < -0.39 is 11.9 Å². The number of carbonyl (C=O) groups excluding carboxylic acids is 1. The minimum atomic E-state index is -4.51. The number of carbonyl (C=O) groups is 1. The molecule has 1 N–H and O–H groups in total. The Morgan fingerprint density at radius 1 is 1.06 bits per heavy atom. The van der Waals surface area contributed by atoms with Crippen LogP contribution in [0.2, 0.25) is 0 Å². The number of aromatic nitrogens is 2. The Kier molecular flexibility index (Phi) is 5.80. The minimum Gasteiger partial charge on any atom is -0.382 e. The summed E-state index contributed by atoms with van der Waals surface area (Å²) in [4.78, 5) is 22.1. The molecule has 1 aliphatic carbocycles. The number of anilines is 1. The Morgan fingerprint density at radius 3 is 2.42 bits per heavy atom. The van der Waals surface area contributed by atoms with Crippen LogP contribution >= 0.6 is 0 Å². The third-order valence-corrected chi connectivity index (χ3v) is 5.86. The summed E-state index contributed by atoms with van der Waals surface area (Å²) in [5.41, 5.74) is 0.463. The lowest BCUT2D eigenvalue weighted by Crippen LogP contribution is -2.41. The van der Waals surface area contributed by atoms with Crippen LogP contribution in [0.25, 0.3) is 10.9 Å². The molecule has 4 rings (SSSR count). The van der Waals surface area contributed by atoms with Crippen LogP contribution in [0.3, 0.4) is 0 Å². The molecule has 8 heteroatoms. The van der Waals surface area contributed by atoms with E-state index in [0.29, 0.717) is 22.2 Å². The zero-order valence-electron chi connectivity index (χ0n) is 17.1. The summed E-state index contributed by atoms with van der Waals surface area (Å²) in [5, 5.41) is 3.97. The second-order valence-electron chi connectivity index (χ2n) is 7.87. The van der Waals surface area contributed by atoms with Gasteiger partial charge in [0.1, 0.15) is 5.69 Å². The van der Waals surface area contributed by atoms with E-state index in [1.165, 1.54) is 0 Å². The van der Waals surface area contributed by atoms with Crippen LogP contribution in [-0.2, 0) is 6.18 Å². The molecule has 1 aromatic carbocycles. The maximum absolute atomic E-state index is 13.3. The molecule has 0 unspecified atom stereocenters. The van der Waals surface area contributed by atoms with Crippen LogP contribution in [0.15, 0.2) is 54.9 Å². The van der Waals surface area contributed by atoms with Gasteiger partial charge in [0.2, 0.25) is 0 Å². The lowest BCUT2D eigenvalue weighted by atomic mass is 9.89. The first-order valence-corrected chi connectivity index (χ1v) is 10.2. The van der Waals surface area contributed by atoms with E-state index in [1.54, 1.807) is 60.7 Å². The number of fused-ring (bicyclic) bond motifs is 1. The smallest absolute Gasteiger partial charge is 0.382 e. The fraction of sp³-hybridized carbons (Fsp3) is 0.348. The molecule has 5 nitrogen and oxygen atoms in total. The highest BCUT2D eigenvalue weighted by atomic mass is 19.4. The first kappa shape index (κ1) is 21.1. The lowest BCUT2D eigenvalue weighted by Gasteiger charge is -2.35. The Labute approximate surface area is 178 Å². The SMILES string of the molecule is CN(C(=O)c1ccncc1)C1CCC(Nc2cc(C(F)(F)F)nc3ccccc23)CC1. The van der Waals surface area contributed by atoms with Crippen molar-refractivity contribution >= 4 is 22.5 Å². The number of benzene rings is 1. The van der Waals surface area contributed by atoms with Crippen molar-refractivity contribution in [1.82, 2.24) is 14.9 Å². The Morgan fingerprint density at radius 2 is 1.74 bits per heavy atom. The summed E-state index contributed by atoms with van der Waals surface area (Å²) in [6.07, 6.45) is 1.76. The van der Waals surface area contributed by atoms with Gasteiger partial charge in [-0.2, -0.15) is 13.2 Å². The largest absolute Gasteiger partial charge is 0.433 e. The third-order valence-electron chi connectivity index (χ3n) is 5.86. The van der Waals surface area contributed by atoms with Crippen molar-refractivity contribution in [3.63, 3.8) is 0 Å². The number of alkyl halides is 3. The molecule has 0 saturated heterocycles. The number of pyridine rings is 2. The lowest BCUT2D eigenvalue weighted by molar-refractivity contribution is -0.140. The molecule has 1 fully saturated rings. The molecule has 0 atom stereocenters. The molecule has 3 aromatic rings. The second kappa shape index (κ2) is 8.53. The van der Waals surface area contributed by atoms with Gasteiger partial charge in [-0.1, -0.05) is 18.2 Å². The van der Waals surface area contributed by atoms with E-state index in [4.69, 9.17) is 0 Å². The number of hydrogen-bond donors (Lipinski definition) is 1. The van der Waals surface area contributed by atoms with Gasteiger partial charge < -0.3 is 10.2 Å². The molecule has 1 aliphatic rings. The molecule has 0 aliphatic heterocycles. The molecule has 2 heterocycles. The number of halogens is 3. The fourth-order valence-electron chi connectivity index (χ4n) is 4.13. The summed E-state index contributed by atoms with van der Waals surface area (Å²) in [6.45, 7) is 0. The molecule has 0 radical (unpaired) electrons. The minimum absolute atomic E-state index is 0.0348. The van der Waals surface area contributed by atoms with E-state index in [1.807, 2.05) is 0 Å².